The molecule has 0 bridgehead atoms. The Morgan fingerprint density at radius 1 is 1.07 bits per heavy atom. The van der Waals surface area contributed by atoms with Crippen LogP contribution in [-0.2, 0) is 9.47 Å². The van der Waals surface area contributed by atoms with E-state index in [0.29, 0.717) is 36.0 Å². The van der Waals surface area contributed by atoms with Gasteiger partial charge < -0.3 is 9.47 Å². The molecular weight excluding hydrogens is 348 g/mol. The molecule has 0 saturated carbocycles. The zero-order valence-electron chi connectivity index (χ0n) is 15.4. The maximum Gasteiger partial charge on any atom is 0.222 e. The molecule has 0 atom stereocenters. The van der Waals surface area contributed by atoms with E-state index in [0.717, 1.165) is 18.6 Å². The summed E-state index contributed by atoms with van der Waals surface area (Å²) < 4.78 is 37.7. The zero-order chi connectivity index (χ0) is 19.1. The van der Waals surface area contributed by atoms with E-state index in [9.17, 15) is 8.78 Å². The molecule has 1 aromatic carbocycles. The molecule has 0 unspecified atom stereocenters. The van der Waals surface area contributed by atoms with Crippen molar-refractivity contribution in [1.29, 1.82) is 0 Å². The van der Waals surface area contributed by atoms with Crippen LogP contribution in [0.25, 0.3) is 11.3 Å². The largest absolute Gasteiger partial charge is 0.342 e. The van der Waals surface area contributed by atoms with Gasteiger partial charge in [-0.1, -0.05) is 32.1 Å². The number of hydrogen-bond acceptors (Lipinski definition) is 3. The van der Waals surface area contributed by atoms with E-state index in [4.69, 9.17) is 9.47 Å². The second kappa shape index (κ2) is 9.59. The van der Waals surface area contributed by atoms with Crippen molar-refractivity contribution < 1.29 is 18.3 Å². The molecule has 0 amide bonds. The SMILES string of the molecule is CCCCC[C@H]1CO[C@H](C#Cc2ccc(-c3ccc(F)c(F)c3)nc2)OC1. The fourth-order valence-corrected chi connectivity index (χ4v) is 2.91. The monoisotopic (exact) mass is 371 g/mol. The number of ether oxygens (including phenoxy) is 2. The third-order valence-electron chi connectivity index (χ3n) is 4.50. The lowest BCUT2D eigenvalue weighted by molar-refractivity contribution is -0.170. The number of benzene rings is 1. The van der Waals surface area contributed by atoms with Crippen LogP contribution in [0.3, 0.4) is 0 Å². The van der Waals surface area contributed by atoms with Crippen molar-refractivity contribution >= 4 is 0 Å². The van der Waals surface area contributed by atoms with E-state index in [-0.39, 0.29) is 0 Å². The van der Waals surface area contributed by atoms with Gasteiger partial charge in [-0.05, 0) is 42.7 Å². The van der Waals surface area contributed by atoms with Gasteiger partial charge in [0.25, 0.3) is 0 Å². The summed E-state index contributed by atoms with van der Waals surface area (Å²) in [5.74, 6) is 4.63. The molecule has 5 heteroatoms. The van der Waals surface area contributed by atoms with E-state index in [1.165, 1.54) is 25.3 Å². The van der Waals surface area contributed by atoms with Crippen molar-refractivity contribution in [2.45, 2.75) is 38.9 Å². The van der Waals surface area contributed by atoms with E-state index in [2.05, 4.69) is 23.7 Å². The van der Waals surface area contributed by atoms with Crippen LogP contribution in [0.2, 0.25) is 0 Å². The van der Waals surface area contributed by atoms with Crippen molar-refractivity contribution in [2.24, 2.45) is 5.92 Å². The number of halogens is 2. The average Bonchev–Trinajstić information content (AvgIpc) is 2.70. The van der Waals surface area contributed by atoms with E-state index >= 15 is 0 Å². The Labute approximate surface area is 158 Å². The third kappa shape index (κ3) is 5.59. The van der Waals surface area contributed by atoms with Gasteiger partial charge in [0.2, 0.25) is 6.29 Å². The first-order valence-electron chi connectivity index (χ1n) is 9.32. The zero-order valence-corrected chi connectivity index (χ0v) is 15.4. The van der Waals surface area contributed by atoms with Crippen molar-refractivity contribution in [3.63, 3.8) is 0 Å². The van der Waals surface area contributed by atoms with Gasteiger partial charge in [-0.2, -0.15) is 0 Å². The van der Waals surface area contributed by atoms with Gasteiger partial charge in [0, 0.05) is 23.2 Å². The molecule has 0 aliphatic carbocycles. The van der Waals surface area contributed by atoms with Gasteiger partial charge >= 0.3 is 0 Å². The molecule has 1 fully saturated rings. The number of hydrogen-bond donors (Lipinski definition) is 0. The van der Waals surface area contributed by atoms with Crippen LogP contribution < -0.4 is 0 Å². The fraction of sp³-hybridized carbons (Fsp3) is 0.409. The smallest absolute Gasteiger partial charge is 0.222 e. The van der Waals surface area contributed by atoms with E-state index in [1.807, 2.05) is 0 Å². The highest BCUT2D eigenvalue weighted by molar-refractivity contribution is 5.59. The minimum Gasteiger partial charge on any atom is -0.342 e. The van der Waals surface area contributed by atoms with Crippen LogP contribution in [0.4, 0.5) is 8.78 Å². The fourth-order valence-electron chi connectivity index (χ4n) is 2.91. The highest BCUT2D eigenvalue weighted by Crippen LogP contribution is 2.20. The summed E-state index contributed by atoms with van der Waals surface area (Å²) in [6.07, 6.45) is 5.88. The first-order chi connectivity index (χ1) is 13.2. The van der Waals surface area contributed by atoms with Gasteiger partial charge in [0.05, 0.1) is 18.9 Å². The Morgan fingerprint density at radius 3 is 2.56 bits per heavy atom. The number of unbranched alkanes of at least 4 members (excludes halogenated alkanes) is 2. The van der Waals surface area contributed by atoms with Gasteiger partial charge in [-0.3, -0.25) is 4.98 Å². The van der Waals surface area contributed by atoms with Crippen LogP contribution >= 0.6 is 0 Å². The molecule has 1 aliphatic rings. The van der Waals surface area contributed by atoms with E-state index in [1.54, 1.807) is 18.3 Å². The molecule has 3 nitrogen and oxygen atoms in total. The normalized spacial score (nSPS) is 19.4. The summed E-state index contributed by atoms with van der Waals surface area (Å²) >= 11 is 0. The van der Waals surface area contributed by atoms with Gasteiger partial charge in [-0.25, -0.2) is 8.78 Å². The van der Waals surface area contributed by atoms with Crippen molar-refractivity contribution in [3.05, 3.63) is 53.7 Å². The lowest BCUT2D eigenvalue weighted by Crippen LogP contribution is -2.31. The molecule has 2 heterocycles. The Morgan fingerprint density at radius 2 is 1.89 bits per heavy atom. The van der Waals surface area contributed by atoms with Crippen molar-refractivity contribution in [1.82, 2.24) is 4.98 Å². The summed E-state index contributed by atoms with van der Waals surface area (Å²) in [7, 11) is 0. The molecule has 1 aromatic heterocycles. The molecule has 3 rings (SSSR count). The molecule has 142 valence electrons. The lowest BCUT2D eigenvalue weighted by Gasteiger charge is -2.26. The first kappa shape index (κ1) is 19.5. The molecule has 0 spiro atoms. The molecule has 0 radical (unpaired) electrons. The van der Waals surface area contributed by atoms with Crippen LogP contribution in [-0.4, -0.2) is 24.5 Å². The van der Waals surface area contributed by atoms with Crippen LogP contribution in [0.5, 0.6) is 0 Å². The van der Waals surface area contributed by atoms with Gasteiger partial charge in [-0.15, -0.1) is 0 Å². The van der Waals surface area contributed by atoms with E-state index < -0.39 is 17.9 Å². The topological polar surface area (TPSA) is 31.4 Å². The number of aromatic nitrogens is 1. The van der Waals surface area contributed by atoms with Gasteiger partial charge in [0.1, 0.15) is 0 Å². The number of rotatable bonds is 5. The maximum absolute atomic E-state index is 13.3. The second-order valence-electron chi connectivity index (χ2n) is 6.69. The minimum absolute atomic E-state index is 0.451. The summed E-state index contributed by atoms with van der Waals surface area (Å²) in [4.78, 5) is 4.26. The molecule has 27 heavy (non-hydrogen) atoms. The van der Waals surface area contributed by atoms with Crippen molar-refractivity contribution in [2.75, 3.05) is 13.2 Å². The first-order valence-corrected chi connectivity index (χ1v) is 9.32. The predicted octanol–water partition coefficient (Wildman–Crippen LogP) is 4.95. The van der Waals surface area contributed by atoms with Crippen LogP contribution in [0, 0.1) is 29.4 Å². The summed E-state index contributed by atoms with van der Waals surface area (Å²) in [5.41, 5.74) is 1.78. The predicted molar refractivity (Wildman–Crippen MR) is 99.8 cm³/mol. The van der Waals surface area contributed by atoms with Crippen LogP contribution in [0.1, 0.15) is 38.2 Å². The van der Waals surface area contributed by atoms with Gasteiger partial charge in [0.15, 0.2) is 11.6 Å². The Balaban J connectivity index is 1.54. The molecular formula is C22H23F2NO2. The second-order valence-corrected chi connectivity index (χ2v) is 6.69. The standard InChI is InChI=1S/C22H23F2NO2/c1-2-3-4-5-17-14-26-22(27-15-17)11-7-16-6-10-21(25-13-16)18-8-9-19(23)20(24)12-18/h6,8-10,12-13,17,22H,2-5,14-15H2,1H3/t17-,22-. The Bertz CT molecular complexity index is 803. The summed E-state index contributed by atoms with van der Waals surface area (Å²) in [6, 6.07) is 7.22. The number of nitrogens with zero attached hydrogens (tertiary/aromatic N) is 1. The molecule has 0 N–H and O–H groups in total. The Kier molecular flexibility index (Phi) is 6.92. The summed E-state index contributed by atoms with van der Waals surface area (Å²) in [6.45, 7) is 3.55. The highest BCUT2D eigenvalue weighted by atomic mass is 19.2. The van der Waals surface area contributed by atoms with Crippen molar-refractivity contribution in [3.8, 4) is 23.1 Å². The Hall–Kier alpha value is -2.29. The molecule has 1 aliphatic heterocycles. The number of pyridine rings is 1. The summed E-state index contributed by atoms with van der Waals surface area (Å²) in [5, 5.41) is 0. The lowest BCUT2D eigenvalue weighted by atomic mass is 10.0. The van der Waals surface area contributed by atoms with Crippen LogP contribution in [0.15, 0.2) is 36.5 Å². The third-order valence-corrected chi connectivity index (χ3v) is 4.50. The maximum atomic E-state index is 13.3. The quantitative estimate of drug-likeness (QED) is 0.551. The average molecular weight is 371 g/mol. The minimum atomic E-state index is -0.891. The molecule has 1 saturated heterocycles. The molecule has 2 aromatic rings. The highest BCUT2D eigenvalue weighted by Gasteiger charge is 2.20.